The van der Waals surface area contributed by atoms with Crippen LogP contribution in [-0.4, -0.2) is 51.7 Å². The molecule has 0 aliphatic rings. The van der Waals surface area contributed by atoms with Crippen molar-refractivity contribution in [2.45, 2.75) is 13.8 Å². The van der Waals surface area contributed by atoms with Crippen LogP contribution in [-0.2, 0) is 9.73 Å². The van der Waals surface area contributed by atoms with Crippen LogP contribution in [0.2, 0.25) is 0 Å². The summed E-state index contributed by atoms with van der Waals surface area (Å²) in [5.74, 6) is 0.555. The number of nitrogens with zero attached hydrogens (tertiary/aromatic N) is 4. The summed E-state index contributed by atoms with van der Waals surface area (Å²) in [5, 5.41) is 1.05. The lowest BCUT2D eigenvalue weighted by molar-refractivity contribution is 0.435. The molecule has 0 saturated heterocycles. The van der Waals surface area contributed by atoms with Crippen LogP contribution in [0.1, 0.15) is 11.3 Å². The largest absolute Gasteiger partial charge is 0.308 e. The molecule has 21 heavy (non-hydrogen) atoms. The first-order valence-electron chi connectivity index (χ1n) is 6.85. The second-order valence-electron chi connectivity index (χ2n) is 5.67. The van der Waals surface area contributed by atoms with Crippen molar-refractivity contribution in [1.82, 2.24) is 14.9 Å². The van der Waals surface area contributed by atoms with Crippen molar-refractivity contribution >= 4 is 26.3 Å². The Balaban J connectivity index is 2.46. The fourth-order valence-corrected chi connectivity index (χ4v) is 3.58. The van der Waals surface area contributed by atoms with Crippen LogP contribution in [0.5, 0.6) is 0 Å². The molecule has 1 atom stereocenters. The summed E-state index contributed by atoms with van der Waals surface area (Å²) < 4.78 is 17.0. The summed E-state index contributed by atoms with van der Waals surface area (Å²) in [7, 11) is 1.70. The number of aryl methyl sites for hydroxylation is 2. The van der Waals surface area contributed by atoms with Gasteiger partial charge in [0.25, 0.3) is 0 Å². The van der Waals surface area contributed by atoms with Gasteiger partial charge in [0.1, 0.15) is 6.33 Å². The molecule has 0 N–H and O–H groups in total. The third-order valence-electron chi connectivity index (χ3n) is 3.33. The average molecular weight is 306 g/mol. The van der Waals surface area contributed by atoms with Gasteiger partial charge in [-0.05, 0) is 45.6 Å². The van der Waals surface area contributed by atoms with Crippen LogP contribution >= 0.6 is 0 Å². The summed E-state index contributed by atoms with van der Waals surface area (Å²) >= 11 is 0. The summed E-state index contributed by atoms with van der Waals surface area (Å²) in [4.78, 5) is 10.5. The molecule has 5 nitrogen and oxygen atoms in total. The topological polar surface area (TPSA) is 58.5 Å². The maximum atomic E-state index is 12.5. The molecule has 1 aromatic carbocycles. The molecule has 1 aromatic heterocycles. The maximum absolute atomic E-state index is 12.5. The Hall–Kier alpha value is -1.53. The fraction of sp³-hybridized carbons (Fsp3) is 0.467. The van der Waals surface area contributed by atoms with E-state index < -0.39 is 9.73 Å². The van der Waals surface area contributed by atoms with Gasteiger partial charge in [-0.15, -0.1) is 0 Å². The van der Waals surface area contributed by atoms with E-state index in [4.69, 9.17) is 0 Å². The van der Waals surface area contributed by atoms with Crippen molar-refractivity contribution < 1.29 is 4.21 Å². The molecule has 1 heterocycles. The summed E-state index contributed by atoms with van der Waals surface area (Å²) in [6, 6.07) is 3.84. The SMILES string of the molecule is Cc1cc(N=S(C)(=O)CCN(C)C)cc2ncnc(C)c12. The molecule has 114 valence electrons. The van der Waals surface area contributed by atoms with Gasteiger partial charge < -0.3 is 4.90 Å². The van der Waals surface area contributed by atoms with Gasteiger partial charge in [-0.3, -0.25) is 0 Å². The van der Waals surface area contributed by atoms with Gasteiger partial charge in [0.2, 0.25) is 0 Å². The van der Waals surface area contributed by atoms with Gasteiger partial charge in [0.05, 0.1) is 11.2 Å². The Morgan fingerprint density at radius 3 is 2.62 bits per heavy atom. The summed E-state index contributed by atoms with van der Waals surface area (Å²) in [6.07, 6.45) is 3.26. The molecule has 0 amide bonds. The van der Waals surface area contributed by atoms with Crippen LogP contribution in [0, 0.1) is 13.8 Å². The Labute approximate surface area is 126 Å². The maximum Gasteiger partial charge on any atom is 0.116 e. The fourth-order valence-electron chi connectivity index (χ4n) is 2.24. The molecular weight excluding hydrogens is 284 g/mol. The third kappa shape index (κ3) is 3.98. The first-order valence-corrected chi connectivity index (χ1v) is 8.94. The molecule has 0 radical (unpaired) electrons. The van der Waals surface area contributed by atoms with Crippen molar-refractivity contribution in [2.24, 2.45) is 4.36 Å². The molecule has 0 aliphatic heterocycles. The van der Waals surface area contributed by atoms with E-state index in [0.29, 0.717) is 5.75 Å². The molecule has 0 saturated carbocycles. The van der Waals surface area contributed by atoms with Gasteiger partial charge in [0.15, 0.2) is 0 Å². The number of benzene rings is 1. The zero-order valence-electron chi connectivity index (χ0n) is 13.3. The smallest absolute Gasteiger partial charge is 0.116 e. The summed E-state index contributed by atoms with van der Waals surface area (Å²) in [5.41, 5.74) is 3.59. The predicted molar refractivity (Wildman–Crippen MR) is 88.6 cm³/mol. The Morgan fingerprint density at radius 1 is 1.24 bits per heavy atom. The van der Waals surface area contributed by atoms with Crippen molar-refractivity contribution in [3.8, 4) is 0 Å². The van der Waals surface area contributed by atoms with Crippen LogP contribution in [0.3, 0.4) is 0 Å². The van der Waals surface area contributed by atoms with Crippen molar-refractivity contribution in [3.63, 3.8) is 0 Å². The number of hydrogen-bond acceptors (Lipinski definition) is 5. The zero-order chi connectivity index (χ0) is 15.6. The third-order valence-corrected chi connectivity index (χ3v) is 4.86. The number of fused-ring (bicyclic) bond motifs is 1. The highest BCUT2D eigenvalue weighted by Crippen LogP contribution is 2.26. The second kappa shape index (κ2) is 6.07. The van der Waals surface area contributed by atoms with Gasteiger partial charge in [-0.2, -0.15) is 4.36 Å². The molecule has 1 unspecified atom stereocenters. The van der Waals surface area contributed by atoms with Crippen molar-refractivity contribution in [1.29, 1.82) is 0 Å². The first kappa shape index (κ1) is 15.9. The van der Waals surface area contributed by atoms with E-state index in [9.17, 15) is 4.21 Å². The average Bonchev–Trinajstić information content (AvgIpc) is 2.35. The molecule has 2 aromatic rings. The Bertz CT molecular complexity index is 777. The molecule has 0 fully saturated rings. The lowest BCUT2D eigenvalue weighted by Gasteiger charge is -2.11. The van der Waals surface area contributed by atoms with E-state index in [-0.39, 0.29) is 0 Å². The van der Waals surface area contributed by atoms with Gasteiger partial charge in [-0.25, -0.2) is 14.2 Å². The van der Waals surface area contributed by atoms with E-state index in [1.807, 2.05) is 45.0 Å². The quantitative estimate of drug-likeness (QED) is 0.871. The minimum atomic E-state index is -2.24. The number of aromatic nitrogens is 2. The van der Waals surface area contributed by atoms with E-state index in [0.717, 1.165) is 34.4 Å². The molecular formula is C15H22N4OS. The molecule has 0 aliphatic carbocycles. The number of hydrogen-bond donors (Lipinski definition) is 0. The lowest BCUT2D eigenvalue weighted by atomic mass is 10.1. The Kier molecular flexibility index (Phi) is 4.58. The van der Waals surface area contributed by atoms with Crippen LogP contribution in [0.25, 0.3) is 10.9 Å². The van der Waals surface area contributed by atoms with E-state index in [1.54, 1.807) is 12.6 Å². The van der Waals surface area contributed by atoms with Crippen molar-refractivity contribution in [3.05, 3.63) is 29.7 Å². The Morgan fingerprint density at radius 2 is 1.95 bits per heavy atom. The van der Waals surface area contributed by atoms with E-state index in [1.165, 1.54) is 0 Å². The van der Waals surface area contributed by atoms with Crippen LogP contribution in [0.15, 0.2) is 22.8 Å². The molecule has 0 bridgehead atoms. The second-order valence-corrected chi connectivity index (χ2v) is 8.18. The highest BCUT2D eigenvalue weighted by Gasteiger charge is 2.08. The first-order chi connectivity index (χ1) is 9.78. The highest BCUT2D eigenvalue weighted by atomic mass is 32.2. The van der Waals surface area contributed by atoms with E-state index in [2.05, 4.69) is 14.3 Å². The highest BCUT2D eigenvalue weighted by molar-refractivity contribution is 7.93. The van der Waals surface area contributed by atoms with Gasteiger partial charge >= 0.3 is 0 Å². The van der Waals surface area contributed by atoms with Crippen LogP contribution in [0.4, 0.5) is 5.69 Å². The molecule has 2 rings (SSSR count). The minimum absolute atomic E-state index is 0.555. The lowest BCUT2D eigenvalue weighted by Crippen LogP contribution is -2.20. The molecule has 0 spiro atoms. The standard InChI is InChI=1S/C15H22N4OS/c1-11-8-13(18-21(5,20)7-6-19(3)4)9-14-15(11)12(2)16-10-17-14/h8-10H,6-7H2,1-5H3. The van der Waals surface area contributed by atoms with Crippen LogP contribution < -0.4 is 0 Å². The monoisotopic (exact) mass is 306 g/mol. The van der Waals surface area contributed by atoms with Crippen molar-refractivity contribution in [2.75, 3.05) is 32.6 Å². The van der Waals surface area contributed by atoms with Gasteiger partial charge in [-0.1, -0.05) is 0 Å². The minimum Gasteiger partial charge on any atom is -0.308 e. The summed E-state index contributed by atoms with van der Waals surface area (Å²) in [6.45, 7) is 4.73. The molecule has 6 heteroatoms. The zero-order valence-corrected chi connectivity index (χ0v) is 14.1. The predicted octanol–water partition coefficient (Wildman–Crippen LogP) is 2.54. The normalized spacial score (nSPS) is 14.4. The van der Waals surface area contributed by atoms with E-state index >= 15 is 0 Å². The van der Waals surface area contributed by atoms with Gasteiger partial charge in [0, 0.05) is 39.4 Å². The number of rotatable bonds is 4.